The van der Waals surface area contributed by atoms with Crippen molar-refractivity contribution in [2.45, 2.75) is 38.3 Å². The maximum absolute atomic E-state index is 13.9. The van der Waals surface area contributed by atoms with Gasteiger partial charge in [-0.05, 0) is 53.9 Å². The molecule has 8 nitrogen and oxygen atoms in total. The standard InChI is InChI=1S/C25H23F4N5O3/c26-18-7-9-34(10-8-18)21-6-5-17(11-20(21)25(27,28)29)23-31-24(37-33-23)16-3-1-15(2-4-16)13-30-14-19-12-22(35)32-36-19/h1-6,11-12,18,30H,7-10,13-14H2,(H,32,35). The fourth-order valence-electron chi connectivity index (χ4n) is 4.21. The third-order valence-corrected chi connectivity index (χ3v) is 6.13. The third kappa shape index (κ3) is 5.74. The van der Waals surface area contributed by atoms with E-state index in [1.165, 1.54) is 18.2 Å². The zero-order chi connectivity index (χ0) is 26.0. The van der Waals surface area contributed by atoms with Crippen molar-refractivity contribution in [3.8, 4) is 28.7 Å². The van der Waals surface area contributed by atoms with E-state index in [1.807, 2.05) is 12.1 Å². The largest absolute Gasteiger partial charge is 0.491 e. The molecule has 1 aliphatic heterocycles. The van der Waals surface area contributed by atoms with Gasteiger partial charge in [0.05, 0.1) is 12.1 Å². The van der Waals surface area contributed by atoms with E-state index in [0.29, 0.717) is 24.4 Å². The summed E-state index contributed by atoms with van der Waals surface area (Å²) in [6, 6.07) is 12.6. The number of nitrogens with zero attached hydrogens (tertiary/aromatic N) is 4. The number of anilines is 1. The third-order valence-electron chi connectivity index (χ3n) is 6.13. The highest BCUT2D eigenvalue weighted by Gasteiger charge is 2.36. The Kier molecular flexibility index (Phi) is 6.83. The topological polar surface area (TPSA) is 100 Å². The number of aromatic nitrogens is 3. The summed E-state index contributed by atoms with van der Waals surface area (Å²) in [5.41, 5.74) is 0.951. The molecular weight excluding hydrogens is 494 g/mol. The molecular formula is C25H23F4N5O3. The summed E-state index contributed by atoms with van der Waals surface area (Å²) < 4.78 is 65.4. The molecule has 0 unspecified atom stereocenters. The Hall–Kier alpha value is -3.93. The minimum Gasteiger partial charge on any atom is -0.491 e. The van der Waals surface area contributed by atoms with Crippen LogP contribution in [0.2, 0.25) is 0 Å². The van der Waals surface area contributed by atoms with Crippen molar-refractivity contribution in [2.24, 2.45) is 0 Å². The Morgan fingerprint density at radius 2 is 1.68 bits per heavy atom. The summed E-state index contributed by atoms with van der Waals surface area (Å²) in [5, 5.41) is 19.6. The molecule has 1 aliphatic rings. The summed E-state index contributed by atoms with van der Waals surface area (Å²) in [5.74, 6) is 0.535. The minimum absolute atomic E-state index is 0.0242. The van der Waals surface area contributed by atoms with Crippen molar-refractivity contribution in [1.29, 1.82) is 0 Å². The van der Waals surface area contributed by atoms with Gasteiger partial charge < -0.3 is 24.4 Å². The van der Waals surface area contributed by atoms with Crippen LogP contribution in [0.5, 0.6) is 5.88 Å². The summed E-state index contributed by atoms with van der Waals surface area (Å²) in [6.45, 7) is 1.36. The summed E-state index contributed by atoms with van der Waals surface area (Å²) in [4.78, 5) is 5.86. The molecule has 4 aromatic rings. The number of alkyl halides is 4. The van der Waals surface area contributed by atoms with Crippen LogP contribution in [0.4, 0.5) is 23.2 Å². The highest BCUT2D eigenvalue weighted by Crippen LogP contribution is 2.40. The van der Waals surface area contributed by atoms with Crippen LogP contribution >= 0.6 is 0 Å². The molecule has 1 saturated heterocycles. The van der Waals surface area contributed by atoms with E-state index in [-0.39, 0.29) is 54.8 Å². The van der Waals surface area contributed by atoms with Gasteiger partial charge in [-0.3, -0.25) is 0 Å². The van der Waals surface area contributed by atoms with Crippen LogP contribution in [0, 0.1) is 0 Å². The van der Waals surface area contributed by atoms with Crippen molar-refractivity contribution in [3.63, 3.8) is 0 Å². The normalized spacial score (nSPS) is 14.9. The SMILES string of the molecule is Oc1cc(CNCc2ccc(-c3nc(-c4ccc(N5CCC(F)CC5)c(C(F)(F)F)c4)no3)cc2)on1. The number of nitrogens with one attached hydrogen (secondary N) is 1. The van der Waals surface area contributed by atoms with E-state index in [1.54, 1.807) is 17.0 Å². The monoisotopic (exact) mass is 517 g/mol. The van der Waals surface area contributed by atoms with Crippen molar-refractivity contribution < 1.29 is 31.7 Å². The second kappa shape index (κ2) is 10.2. The number of piperidine rings is 1. The zero-order valence-corrected chi connectivity index (χ0v) is 19.5. The second-order valence-corrected chi connectivity index (χ2v) is 8.77. The molecule has 0 atom stereocenters. The first-order valence-corrected chi connectivity index (χ1v) is 11.7. The van der Waals surface area contributed by atoms with Gasteiger partial charge in [0.1, 0.15) is 6.17 Å². The Labute approximate surface area is 208 Å². The highest BCUT2D eigenvalue weighted by atomic mass is 19.4. The summed E-state index contributed by atoms with van der Waals surface area (Å²) in [6.07, 6.45) is -5.17. The van der Waals surface area contributed by atoms with Gasteiger partial charge in [-0.2, -0.15) is 18.2 Å². The Morgan fingerprint density at radius 3 is 2.35 bits per heavy atom. The predicted octanol–water partition coefficient (Wildman–Crippen LogP) is 5.34. The van der Waals surface area contributed by atoms with Gasteiger partial charge in [-0.25, -0.2) is 4.39 Å². The van der Waals surface area contributed by atoms with Gasteiger partial charge in [-0.1, -0.05) is 17.3 Å². The Bertz CT molecular complexity index is 1350. The first-order chi connectivity index (χ1) is 17.8. The van der Waals surface area contributed by atoms with E-state index in [2.05, 4.69) is 20.6 Å². The fraction of sp³-hybridized carbons (Fsp3) is 0.320. The minimum atomic E-state index is -4.60. The summed E-state index contributed by atoms with van der Waals surface area (Å²) in [7, 11) is 0. The van der Waals surface area contributed by atoms with Crippen LogP contribution in [0.1, 0.15) is 29.7 Å². The van der Waals surface area contributed by atoms with Gasteiger partial charge in [0.15, 0.2) is 5.76 Å². The molecule has 194 valence electrons. The van der Waals surface area contributed by atoms with E-state index in [4.69, 9.17) is 9.05 Å². The first-order valence-electron chi connectivity index (χ1n) is 11.7. The van der Waals surface area contributed by atoms with Gasteiger partial charge in [0.25, 0.3) is 11.8 Å². The van der Waals surface area contributed by atoms with Crippen molar-refractivity contribution in [1.82, 2.24) is 20.6 Å². The lowest BCUT2D eigenvalue weighted by molar-refractivity contribution is -0.137. The number of aromatic hydroxyl groups is 1. The lowest BCUT2D eigenvalue weighted by atomic mass is 10.0. The molecule has 0 spiro atoms. The van der Waals surface area contributed by atoms with Crippen LogP contribution in [0.3, 0.4) is 0 Å². The van der Waals surface area contributed by atoms with Crippen LogP contribution < -0.4 is 10.2 Å². The highest BCUT2D eigenvalue weighted by molar-refractivity contribution is 5.67. The molecule has 2 aromatic heterocycles. The van der Waals surface area contributed by atoms with Crippen molar-refractivity contribution in [3.05, 3.63) is 65.4 Å². The van der Waals surface area contributed by atoms with Crippen LogP contribution in [-0.2, 0) is 19.3 Å². The maximum Gasteiger partial charge on any atom is 0.418 e. The number of rotatable bonds is 7. The smallest absolute Gasteiger partial charge is 0.418 e. The molecule has 5 rings (SSSR count). The molecule has 0 amide bonds. The molecule has 12 heteroatoms. The predicted molar refractivity (Wildman–Crippen MR) is 125 cm³/mol. The molecule has 0 saturated carbocycles. The van der Waals surface area contributed by atoms with Gasteiger partial charge in [-0.15, -0.1) is 0 Å². The van der Waals surface area contributed by atoms with Crippen LogP contribution in [0.15, 0.2) is 57.6 Å². The lowest BCUT2D eigenvalue weighted by Crippen LogP contribution is -2.35. The second-order valence-electron chi connectivity index (χ2n) is 8.77. The van der Waals surface area contributed by atoms with Gasteiger partial charge in [0.2, 0.25) is 5.82 Å². The molecule has 2 N–H and O–H groups in total. The molecule has 0 aliphatic carbocycles. The first kappa shape index (κ1) is 24.8. The molecule has 0 radical (unpaired) electrons. The Balaban J connectivity index is 1.29. The van der Waals surface area contributed by atoms with Gasteiger partial charge >= 0.3 is 6.18 Å². The fourth-order valence-corrected chi connectivity index (χ4v) is 4.21. The number of benzene rings is 2. The summed E-state index contributed by atoms with van der Waals surface area (Å²) >= 11 is 0. The lowest BCUT2D eigenvalue weighted by Gasteiger charge is -2.32. The van der Waals surface area contributed by atoms with Crippen LogP contribution in [-0.4, -0.2) is 39.7 Å². The van der Waals surface area contributed by atoms with Crippen molar-refractivity contribution in [2.75, 3.05) is 18.0 Å². The van der Waals surface area contributed by atoms with Gasteiger partial charge in [0, 0.05) is 42.5 Å². The quantitative estimate of drug-likeness (QED) is 0.317. The van der Waals surface area contributed by atoms with E-state index >= 15 is 0 Å². The zero-order valence-electron chi connectivity index (χ0n) is 19.5. The van der Waals surface area contributed by atoms with E-state index in [0.717, 1.165) is 11.6 Å². The molecule has 1 fully saturated rings. The number of hydrogen-bond donors (Lipinski definition) is 2. The van der Waals surface area contributed by atoms with Crippen LogP contribution in [0.25, 0.3) is 22.8 Å². The molecule has 3 heterocycles. The van der Waals surface area contributed by atoms with E-state index < -0.39 is 17.9 Å². The molecule has 37 heavy (non-hydrogen) atoms. The number of halogens is 4. The Morgan fingerprint density at radius 1 is 0.946 bits per heavy atom. The van der Waals surface area contributed by atoms with E-state index in [9.17, 15) is 22.7 Å². The van der Waals surface area contributed by atoms with Crippen molar-refractivity contribution >= 4 is 5.69 Å². The molecule has 2 aromatic carbocycles. The average Bonchev–Trinajstić information content (AvgIpc) is 3.54. The number of hydrogen-bond acceptors (Lipinski definition) is 8. The average molecular weight is 517 g/mol. The molecule has 0 bridgehead atoms. The maximum atomic E-state index is 13.9.